The van der Waals surface area contributed by atoms with E-state index in [9.17, 15) is 4.39 Å². The number of hydrogen-bond donors (Lipinski definition) is 3. The maximum absolute atomic E-state index is 14.6. The molecule has 37 heavy (non-hydrogen) atoms. The molecule has 0 aliphatic heterocycles. The van der Waals surface area contributed by atoms with Crippen LogP contribution in [0.4, 0.5) is 10.1 Å². The Morgan fingerprint density at radius 3 is 2.65 bits per heavy atom. The van der Waals surface area contributed by atoms with Crippen molar-refractivity contribution in [2.45, 2.75) is 0 Å². The molecule has 1 aromatic carbocycles. The molecule has 0 amide bonds. The number of anilines is 1. The van der Waals surface area contributed by atoms with Crippen molar-refractivity contribution in [3.05, 3.63) is 79.0 Å². The number of benzene rings is 1. The summed E-state index contributed by atoms with van der Waals surface area (Å²) in [5.41, 5.74) is 7.04. The highest BCUT2D eigenvalue weighted by atomic mass is 19.1. The summed E-state index contributed by atoms with van der Waals surface area (Å²) in [6, 6.07) is 16.7. The van der Waals surface area contributed by atoms with Crippen molar-refractivity contribution in [2.24, 2.45) is 0 Å². The summed E-state index contributed by atoms with van der Waals surface area (Å²) in [4.78, 5) is 19.0. The monoisotopic (exact) mass is 492 g/mol. The van der Waals surface area contributed by atoms with Gasteiger partial charge in [-0.1, -0.05) is 6.07 Å². The molecule has 6 aromatic rings. The molecule has 0 atom stereocenters. The van der Waals surface area contributed by atoms with Gasteiger partial charge in [0.1, 0.15) is 17.2 Å². The van der Waals surface area contributed by atoms with E-state index >= 15 is 0 Å². The zero-order valence-corrected chi connectivity index (χ0v) is 20.5. The first-order valence-corrected chi connectivity index (χ1v) is 12.0. The number of rotatable bonds is 7. The lowest BCUT2D eigenvalue weighted by Crippen LogP contribution is -2.20. The van der Waals surface area contributed by atoms with E-state index in [1.807, 2.05) is 56.6 Å². The summed E-state index contributed by atoms with van der Waals surface area (Å²) in [6.07, 6.45) is 5.27. The minimum absolute atomic E-state index is 0.294. The molecule has 3 N–H and O–H groups in total. The lowest BCUT2D eigenvalue weighted by atomic mass is 10.0. The fourth-order valence-corrected chi connectivity index (χ4v) is 4.46. The molecule has 8 nitrogen and oxygen atoms in total. The first-order valence-electron chi connectivity index (χ1n) is 12.0. The average molecular weight is 493 g/mol. The molecule has 0 aliphatic rings. The standard InChI is InChI=1S/C28H25FN8/c1-37(2)10-9-30-20-12-17(11-19(29)14-20)21-6-8-32-27-22(21)15-25(34-27)26-23-13-18(16-33-28(23)36-35-26)24-5-3-4-7-31-24/h3-8,11-16,30H,9-10H2,1-2H3,(H,32,34)(H,33,35,36). The van der Waals surface area contributed by atoms with Crippen LogP contribution in [0, 0.1) is 5.82 Å². The minimum Gasteiger partial charge on any atom is -0.384 e. The van der Waals surface area contributed by atoms with E-state index in [1.54, 1.807) is 24.7 Å². The van der Waals surface area contributed by atoms with Crippen LogP contribution >= 0.6 is 0 Å². The fourth-order valence-electron chi connectivity index (χ4n) is 4.46. The van der Waals surface area contributed by atoms with E-state index in [4.69, 9.17) is 0 Å². The van der Waals surface area contributed by atoms with E-state index in [-0.39, 0.29) is 5.82 Å². The molecule has 0 unspecified atom stereocenters. The molecule has 184 valence electrons. The van der Waals surface area contributed by atoms with Crippen molar-refractivity contribution in [2.75, 3.05) is 32.5 Å². The first kappa shape index (κ1) is 22.8. The van der Waals surface area contributed by atoms with E-state index in [0.717, 1.165) is 63.3 Å². The number of likely N-dealkylation sites (N-methyl/N-ethyl adjacent to an activating group) is 1. The molecule has 9 heteroatoms. The normalized spacial score (nSPS) is 11.6. The summed E-state index contributed by atoms with van der Waals surface area (Å²) in [7, 11) is 4.02. The Hall–Kier alpha value is -4.63. The number of nitrogens with one attached hydrogen (secondary N) is 3. The molecule has 0 fully saturated rings. The van der Waals surface area contributed by atoms with Gasteiger partial charge in [-0.25, -0.2) is 14.4 Å². The summed E-state index contributed by atoms with van der Waals surface area (Å²) >= 11 is 0. The molecule has 0 saturated heterocycles. The van der Waals surface area contributed by atoms with Crippen LogP contribution in [0.3, 0.4) is 0 Å². The molecule has 0 aliphatic carbocycles. The van der Waals surface area contributed by atoms with Gasteiger partial charge in [-0.05, 0) is 73.8 Å². The van der Waals surface area contributed by atoms with Crippen LogP contribution in [-0.4, -0.2) is 62.2 Å². The minimum atomic E-state index is -0.294. The van der Waals surface area contributed by atoms with Crippen LogP contribution in [0.2, 0.25) is 0 Å². The molecular weight excluding hydrogens is 467 g/mol. The zero-order valence-electron chi connectivity index (χ0n) is 20.5. The second kappa shape index (κ2) is 9.44. The lowest BCUT2D eigenvalue weighted by molar-refractivity contribution is 0.425. The highest BCUT2D eigenvalue weighted by molar-refractivity contribution is 6.00. The smallest absolute Gasteiger partial charge is 0.155 e. The van der Waals surface area contributed by atoms with E-state index in [2.05, 4.69) is 40.3 Å². The highest BCUT2D eigenvalue weighted by Gasteiger charge is 2.16. The number of halogens is 1. The van der Waals surface area contributed by atoms with E-state index in [1.165, 1.54) is 6.07 Å². The molecule has 0 bridgehead atoms. The summed E-state index contributed by atoms with van der Waals surface area (Å²) < 4.78 is 14.6. The van der Waals surface area contributed by atoms with Gasteiger partial charge in [-0.3, -0.25) is 10.1 Å². The van der Waals surface area contributed by atoms with Gasteiger partial charge < -0.3 is 15.2 Å². The largest absolute Gasteiger partial charge is 0.384 e. The number of aromatic amines is 2. The van der Waals surface area contributed by atoms with Crippen molar-refractivity contribution in [3.8, 4) is 33.8 Å². The molecule has 0 spiro atoms. The van der Waals surface area contributed by atoms with Crippen LogP contribution < -0.4 is 5.32 Å². The predicted octanol–water partition coefficient (Wildman–Crippen LogP) is 5.34. The number of hydrogen-bond acceptors (Lipinski definition) is 6. The molecular formula is C28H25FN8. The third kappa shape index (κ3) is 4.52. The van der Waals surface area contributed by atoms with Crippen LogP contribution in [0.5, 0.6) is 0 Å². The number of fused-ring (bicyclic) bond motifs is 2. The highest BCUT2D eigenvalue weighted by Crippen LogP contribution is 2.35. The first-order chi connectivity index (χ1) is 18.0. The van der Waals surface area contributed by atoms with Crippen LogP contribution in [0.1, 0.15) is 0 Å². The molecule has 5 aromatic heterocycles. The van der Waals surface area contributed by atoms with Gasteiger partial charge in [0.15, 0.2) is 5.65 Å². The van der Waals surface area contributed by atoms with Gasteiger partial charge in [-0.2, -0.15) is 5.10 Å². The third-order valence-corrected chi connectivity index (χ3v) is 6.26. The topological polar surface area (TPSA) is 98.4 Å². The lowest BCUT2D eigenvalue weighted by Gasteiger charge is -2.13. The Bertz CT molecular complexity index is 1700. The summed E-state index contributed by atoms with van der Waals surface area (Å²) in [5.74, 6) is -0.294. The third-order valence-electron chi connectivity index (χ3n) is 6.26. The van der Waals surface area contributed by atoms with Gasteiger partial charge in [-0.15, -0.1) is 0 Å². The Kier molecular flexibility index (Phi) is 5.82. The maximum Gasteiger partial charge on any atom is 0.155 e. The van der Waals surface area contributed by atoms with E-state index < -0.39 is 0 Å². The fraction of sp³-hybridized carbons (Fsp3) is 0.143. The Balaban J connectivity index is 1.41. The SMILES string of the molecule is CN(C)CCNc1cc(F)cc(-c2ccnc3[nH]c(-c4n[nH]c5ncc(-c6ccccn6)cc45)cc23)c1. The van der Waals surface area contributed by atoms with Crippen LogP contribution in [0.15, 0.2) is 73.2 Å². The number of pyridine rings is 3. The van der Waals surface area contributed by atoms with Gasteiger partial charge in [0.2, 0.25) is 0 Å². The second-order valence-electron chi connectivity index (χ2n) is 9.17. The van der Waals surface area contributed by atoms with E-state index in [0.29, 0.717) is 11.3 Å². The van der Waals surface area contributed by atoms with Crippen molar-refractivity contribution < 1.29 is 4.39 Å². The van der Waals surface area contributed by atoms with Crippen molar-refractivity contribution >= 4 is 27.8 Å². The van der Waals surface area contributed by atoms with Gasteiger partial charge in [0.25, 0.3) is 0 Å². The van der Waals surface area contributed by atoms with Gasteiger partial charge in [0, 0.05) is 53.7 Å². The Morgan fingerprint density at radius 2 is 1.81 bits per heavy atom. The summed E-state index contributed by atoms with van der Waals surface area (Å²) in [5, 5.41) is 12.6. The quantitative estimate of drug-likeness (QED) is 0.278. The van der Waals surface area contributed by atoms with Gasteiger partial charge >= 0.3 is 0 Å². The molecule has 0 saturated carbocycles. The molecule has 6 rings (SSSR count). The predicted molar refractivity (Wildman–Crippen MR) is 145 cm³/mol. The van der Waals surface area contributed by atoms with Crippen molar-refractivity contribution in [3.63, 3.8) is 0 Å². The van der Waals surface area contributed by atoms with Crippen molar-refractivity contribution in [1.29, 1.82) is 0 Å². The van der Waals surface area contributed by atoms with Gasteiger partial charge in [0.05, 0.1) is 11.4 Å². The van der Waals surface area contributed by atoms with Crippen LogP contribution in [0.25, 0.3) is 55.8 Å². The molecule has 0 radical (unpaired) electrons. The number of H-pyrrole nitrogens is 2. The second-order valence-corrected chi connectivity index (χ2v) is 9.17. The Morgan fingerprint density at radius 1 is 0.892 bits per heavy atom. The Labute approximate surface area is 212 Å². The average Bonchev–Trinajstić information content (AvgIpc) is 3.52. The number of aromatic nitrogens is 6. The molecule has 5 heterocycles. The zero-order chi connectivity index (χ0) is 25.4. The van der Waals surface area contributed by atoms with Crippen LogP contribution in [-0.2, 0) is 0 Å². The maximum atomic E-state index is 14.6. The van der Waals surface area contributed by atoms with Crippen molar-refractivity contribution in [1.82, 2.24) is 35.0 Å². The number of nitrogens with zero attached hydrogens (tertiary/aromatic N) is 5. The summed E-state index contributed by atoms with van der Waals surface area (Å²) in [6.45, 7) is 1.57.